The largest absolute Gasteiger partial charge is 0.480 e. The maximum atomic E-state index is 12.1. The molecule has 0 bridgehead atoms. The fraction of sp³-hybridized carbons (Fsp3) is 0.333. The molecule has 2 aromatic heterocycles. The third-order valence-corrected chi connectivity index (χ3v) is 2.43. The van der Waals surface area contributed by atoms with Crippen molar-refractivity contribution < 1.29 is 9.53 Å². The van der Waals surface area contributed by atoms with Crippen molar-refractivity contribution in [1.29, 1.82) is 0 Å². The highest BCUT2D eigenvalue weighted by atomic mass is 16.5. The average Bonchev–Trinajstić information content (AvgIpc) is 2.87. The number of carbonyl (C=O) groups excluding carboxylic acids is 1. The van der Waals surface area contributed by atoms with Gasteiger partial charge in [0.1, 0.15) is 5.69 Å². The van der Waals surface area contributed by atoms with Gasteiger partial charge in [-0.1, -0.05) is 6.92 Å². The van der Waals surface area contributed by atoms with Gasteiger partial charge in [-0.25, -0.2) is 0 Å². The lowest BCUT2D eigenvalue weighted by Gasteiger charge is -1.99. The minimum absolute atomic E-state index is 0.187. The van der Waals surface area contributed by atoms with E-state index in [1.54, 1.807) is 29.2 Å². The molecule has 0 saturated heterocycles. The molecule has 0 atom stereocenters. The molecule has 2 rings (SSSR count). The number of methoxy groups -OCH3 is 1. The number of hydrogen-bond donors (Lipinski definition) is 0. The quantitative estimate of drug-likeness (QED) is 0.744. The summed E-state index contributed by atoms with van der Waals surface area (Å²) in [5.74, 6) is 0.195. The molecule has 6 heteroatoms. The Hall–Kier alpha value is -2.24. The Labute approximate surface area is 105 Å². The normalized spacial score (nSPS) is 10.3. The summed E-state index contributed by atoms with van der Waals surface area (Å²) >= 11 is 0. The molecule has 0 saturated carbocycles. The average molecular weight is 246 g/mol. The molecule has 2 heterocycles. The molecule has 0 unspecified atom stereocenters. The molecule has 0 N–H and O–H groups in total. The van der Waals surface area contributed by atoms with E-state index in [0.717, 1.165) is 13.0 Å². The van der Waals surface area contributed by atoms with Crippen molar-refractivity contribution in [3.8, 4) is 5.88 Å². The van der Waals surface area contributed by atoms with Crippen LogP contribution in [0.2, 0.25) is 0 Å². The Kier molecular flexibility index (Phi) is 3.66. The van der Waals surface area contributed by atoms with Gasteiger partial charge >= 0.3 is 0 Å². The zero-order valence-corrected chi connectivity index (χ0v) is 10.3. The van der Waals surface area contributed by atoms with Crippen LogP contribution in [0.15, 0.2) is 24.5 Å². The maximum absolute atomic E-state index is 12.1. The highest BCUT2D eigenvalue weighted by Gasteiger charge is 2.13. The lowest BCUT2D eigenvalue weighted by molar-refractivity contribution is 0.103. The summed E-state index contributed by atoms with van der Waals surface area (Å²) in [7, 11) is 1.50. The van der Waals surface area contributed by atoms with Gasteiger partial charge in [0, 0.05) is 18.8 Å². The van der Waals surface area contributed by atoms with Gasteiger partial charge in [-0.2, -0.15) is 5.10 Å². The number of aromatic nitrogens is 4. The molecule has 0 radical (unpaired) electrons. The molecule has 2 aromatic rings. The molecule has 0 spiro atoms. The van der Waals surface area contributed by atoms with Crippen LogP contribution in [-0.4, -0.2) is 32.9 Å². The first-order valence-corrected chi connectivity index (χ1v) is 5.69. The van der Waals surface area contributed by atoms with Crippen molar-refractivity contribution in [2.45, 2.75) is 19.9 Å². The fourth-order valence-corrected chi connectivity index (χ4v) is 1.53. The van der Waals surface area contributed by atoms with Crippen LogP contribution in [0, 0.1) is 0 Å². The van der Waals surface area contributed by atoms with Gasteiger partial charge in [-0.05, 0) is 12.5 Å². The predicted octanol–water partition coefficient (Wildman–Crippen LogP) is 1.32. The molecule has 0 aromatic carbocycles. The third kappa shape index (κ3) is 2.53. The molecule has 0 amide bonds. The second-order valence-electron chi connectivity index (χ2n) is 3.78. The maximum Gasteiger partial charge on any atom is 0.233 e. The monoisotopic (exact) mass is 246 g/mol. The molecule has 0 aliphatic rings. The first-order valence-electron chi connectivity index (χ1n) is 5.69. The van der Waals surface area contributed by atoms with E-state index in [4.69, 9.17) is 4.74 Å². The van der Waals surface area contributed by atoms with E-state index in [0.29, 0.717) is 11.4 Å². The van der Waals surface area contributed by atoms with Crippen LogP contribution in [0.5, 0.6) is 5.88 Å². The molecule has 0 aliphatic carbocycles. The Balaban J connectivity index is 2.18. The SMILES string of the molecule is CCCn1cc(C(=O)c2ccc(OC)nn2)cn1. The summed E-state index contributed by atoms with van der Waals surface area (Å²) in [5.41, 5.74) is 0.801. The van der Waals surface area contributed by atoms with Crippen molar-refractivity contribution in [3.63, 3.8) is 0 Å². The van der Waals surface area contributed by atoms with E-state index in [-0.39, 0.29) is 11.5 Å². The van der Waals surface area contributed by atoms with Crippen LogP contribution < -0.4 is 4.74 Å². The van der Waals surface area contributed by atoms with Crippen LogP contribution in [0.1, 0.15) is 29.4 Å². The Bertz CT molecular complexity index is 533. The summed E-state index contributed by atoms with van der Waals surface area (Å²) in [6, 6.07) is 3.20. The second-order valence-corrected chi connectivity index (χ2v) is 3.78. The van der Waals surface area contributed by atoms with Crippen LogP contribution in [-0.2, 0) is 6.54 Å². The van der Waals surface area contributed by atoms with Gasteiger partial charge in [-0.15, -0.1) is 10.2 Å². The zero-order chi connectivity index (χ0) is 13.0. The third-order valence-electron chi connectivity index (χ3n) is 2.43. The van der Waals surface area contributed by atoms with Crippen LogP contribution >= 0.6 is 0 Å². The zero-order valence-electron chi connectivity index (χ0n) is 10.3. The number of hydrogen-bond acceptors (Lipinski definition) is 5. The van der Waals surface area contributed by atoms with Gasteiger partial charge < -0.3 is 4.74 Å². The first kappa shape index (κ1) is 12.2. The number of carbonyl (C=O) groups is 1. The highest BCUT2D eigenvalue weighted by molar-refractivity contribution is 6.07. The lowest BCUT2D eigenvalue weighted by Crippen LogP contribution is -2.05. The van der Waals surface area contributed by atoms with Gasteiger partial charge in [0.2, 0.25) is 11.7 Å². The van der Waals surface area contributed by atoms with Crippen molar-refractivity contribution in [2.75, 3.05) is 7.11 Å². The number of ketones is 1. The minimum atomic E-state index is -0.187. The number of rotatable bonds is 5. The Morgan fingerprint density at radius 2 is 2.22 bits per heavy atom. The van der Waals surface area contributed by atoms with Gasteiger partial charge in [0.25, 0.3) is 0 Å². The summed E-state index contributed by atoms with van der Waals surface area (Å²) in [6.07, 6.45) is 4.24. The first-order chi connectivity index (χ1) is 8.74. The van der Waals surface area contributed by atoms with E-state index >= 15 is 0 Å². The predicted molar refractivity (Wildman–Crippen MR) is 64.5 cm³/mol. The van der Waals surface area contributed by atoms with Crippen LogP contribution in [0.3, 0.4) is 0 Å². The number of ether oxygens (including phenoxy) is 1. The second kappa shape index (κ2) is 5.39. The standard InChI is InChI=1S/C12H14N4O2/c1-3-6-16-8-9(7-13-16)12(17)10-4-5-11(18-2)15-14-10/h4-5,7-8H,3,6H2,1-2H3. The molecule has 18 heavy (non-hydrogen) atoms. The summed E-state index contributed by atoms with van der Waals surface area (Å²) < 4.78 is 6.63. The van der Waals surface area contributed by atoms with Crippen molar-refractivity contribution in [1.82, 2.24) is 20.0 Å². The molecule has 0 fully saturated rings. The van der Waals surface area contributed by atoms with E-state index in [1.807, 2.05) is 0 Å². The summed E-state index contributed by atoms with van der Waals surface area (Å²) in [5, 5.41) is 11.7. The van der Waals surface area contributed by atoms with E-state index in [2.05, 4.69) is 22.2 Å². The van der Waals surface area contributed by atoms with Crippen LogP contribution in [0.4, 0.5) is 0 Å². The summed E-state index contributed by atoms with van der Waals surface area (Å²) in [6.45, 7) is 2.85. The molecule has 0 aliphatic heterocycles. The Morgan fingerprint density at radius 3 is 2.83 bits per heavy atom. The summed E-state index contributed by atoms with van der Waals surface area (Å²) in [4.78, 5) is 12.1. The number of aryl methyl sites for hydroxylation is 1. The van der Waals surface area contributed by atoms with E-state index < -0.39 is 0 Å². The Morgan fingerprint density at radius 1 is 1.39 bits per heavy atom. The number of nitrogens with zero attached hydrogens (tertiary/aromatic N) is 4. The van der Waals surface area contributed by atoms with E-state index in [9.17, 15) is 4.79 Å². The lowest BCUT2D eigenvalue weighted by atomic mass is 10.2. The van der Waals surface area contributed by atoms with E-state index in [1.165, 1.54) is 7.11 Å². The fourth-order valence-electron chi connectivity index (χ4n) is 1.53. The topological polar surface area (TPSA) is 69.9 Å². The minimum Gasteiger partial charge on any atom is -0.480 e. The van der Waals surface area contributed by atoms with Crippen molar-refractivity contribution >= 4 is 5.78 Å². The molecular weight excluding hydrogens is 232 g/mol. The van der Waals surface area contributed by atoms with Gasteiger partial charge in [0.15, 0.2) is 0 Å². The molecule has 94 valence electrons. The van der Waals surface area contributed by atoms with Crippen molar-refractivity contribution in [2.24, 2.45) is 0 Å². The molecular formula is C12H14N4O2. The molecule has 6 nitrogen and oxygen atoms in total. The van der Waals surface area contributed by atoms with Crippen molar-refractivity contribution in [3.05, 3.63) is 35.8 Å². The van der Waals surface area contributed by atoms with Crippen LogP contribution in [0.25, 0.3) is 0 Å². The van der Waals surface area contributed by atoms with Gasteiger partial charge in [-0.3, -0.25) is 9.48 Å². The van der Waals surface area contributed by atoms with Gasteiger partial charge in [0.05, 0.1) is 18.9 Å². The highest BCUT2D eigenvalue weighted by Crippen LogP contribution is 2.09. The smallest absolute Gasteiger partial charge is 0.233 e.